The molecule has 0 saturated carbocycles. The Bertz CT molecular complexity index is 456. The van der Waals surface area contributed by atoms with E-state index in [-0.39, 0.29) is 16.9 Å². The van der Waals surface area contributed by atoms with Gasteiger partial charge < -0.3 is 0 Å². The molecule has 1 atom stereocenters. The van der Waals surface area contributed by atoms with Gasteiger partial charge in [-0.1, -0.05) is 13.8 Å². The molecular formula is C10H18ClN3O2S. The van der Waals surface area contributed by atoms with E-state index in [1.165, 1.54) is 16.9 Å². The van der Waals surface area contributed by atoms with Crippen LogP contribution in [0.4, 0.5) is 0 Å². The Labute approximate surface area is 107 Å². The zero-order chi connectivity index (χ0) is 13.1. The molecule has 1 aromatic rings. The highest BCUT2D eigenvalue weighted by Crippen LogP contribution is 2.11. The summed E-state index contributed by atoms with van der Waals surface area (Å²) >= 11 is 5.77. The summed E-state index contributed by atoms with van der Waals surface area (Å²) in [6.45, 7) is 4.05. The van der Waals surface area contributed by atoms with Crippen molar-refractivity contribution in [2.45, 2.75) is 31.3 Å². The molecule has 0 amide bonds. The van der Waals surface area contributed by atoms with Crippen molar-refractivity contribution in [3.8, 4) is 0 Å². The lowest BCUT2D eigenvalue weighted by molar-refractivity contribution is 0.481. The zero-order valence-electron chi connectivity index (χ0n) is 10.2. The third-order valence-electron chi connectivity index (χ3n) is 2.32. The smallest absolute Gasteiger partial charge is 0.256 e. The summed E-state index contributed by atoms with van der Waals surface area (Å²) in [6.07, 6.45) is 2.16. The third kappa shape index (κ3) is 3.97. The number of halogens is 1. The minimum atomic E-state index is -3.54. The number of aromatic nitrogens is 2. The number of alkyl halides is 1. The van der Waals surface area contributed by atoms with Crippen molar-refractivity contribution in [2.24, 2.45) is 13.0 Å². The van der Waals surface area contributed by atoms with Gasteiger partial charge in [-0.15, -0.1) is 11.6 Å². The normalized spacial score (nSPS) is 14.2. The van der Waals surface area contributed by atoms with Crippen LogP contribution in [0.15, 0.2) is 17.3 Å². The SMILES string of the molecule is CC(C)CC(CCl)NS(=O)(=O)c1ccnn1C. The van der Waals surface area contributed by atoms with E-state index < -0.39 is 10.0 Å². The van der Waals surface area contributed by atoms with Crippen LogP contribution < -0.4 is 4.72 Å². The minimum absolute atomic E-state index is 0.149. The average Bonchev–Trinajstić information content (AvgIpc) is 2.63. The van der Waals surface area contributed by atoms with E-state index in [0.29, 0.717) is 12.3 Å². The molecule has 0 spiro atoms. The second-order valence-corrected chi connectivity index (χ2v) is 6.36. The van der Waals surface area contributed by atoms with Gasteiger partial charge in [-0.2, -0.15) is 5.10 Å². The Morgan fingerprint density at radius 2 is 2.18 bits per heavy atom. The van der Waals surface area contributed by atoms with E-state index in [4.69, 9.17) is 11.6 Å². The molecule has 1 rings (SSSR count). The quantitative estimate of drug-likeness (QED) is 0.800. The van der Waals surface area contributed by atoms with Crippen LogP contribution in [-0.2, 0) is 17.1 Å². The Morgan fingerprint density at radius 1 is 1.53 bits per heavy atom. The first kappa shape index (κ1) is 14.5. The number of hydrogen-bond acceptors (Lipinski definition) is 3. The molecule has 1 unspecified atom stereocenters. The van der Waals surface area contributed by atoms with Crippen LogP contribution in [0.3, 0.4) is 0 Å². The zero-order valence-corrected chi connectivity index (χ0v) is 11.8. The molecule has 98 valence electrons. The van der Waals surface area contributed by atoms with Gasteiger partial charge in [-0.3, -0.25) is 4.68 Å². The van der Waals surface area contributed by atoms with E-state index in [2.05, 4.69) is 9.82 Å². The highest BCUT2D eigenvalue weighted by Gasteiger charge is 2.22. The highest BCUT2D eigenvalue weighted by atomic mass is 35.5. The summed E-state index contributed by atoms with van der Waals surface area (Å²) < 4.78 is 28.0. The lowest BCUT2D eigenvalue weighted by Crippen LogP contribution is -2.37. The molecule has 1 aromatic heterocycles. The molecule has 0 aliphatic carbocycles. The molecular weight excluding hydrogens is 262 g/mol. The Morgan fingerprint density at radius 3 is 2.59 bits per heavy atom. The number of nitrogens with one attached hydrogen (secondary N) is 1. The lowest BCUT2D eigenvalue weighted by Gasteiger charge is -2.17. The van der Waals surface area contributed by atoms with Crippen molar-refractivity contribution < 1.29 is 8.42 Å². The monoisotopic (exact) mass is 279 g/mol. The molecule has 0 radical (unpaired) electrons. The molecule has 0 bridgehead atoms. The fraction of sp³-hybridized carbons (Fsp3) is 0.700. The van der Waals surface area contributed by atoms with Gasteiger partial charge in [0.05, 0.1) is 6.20 Å². The molecule has 1 N–H and O–H groups in total. The largest absolute Gasteiger partial charge is 0.257 e. The van der Waals surface area contributed by atoms with Crippen molar-refractivity contribution in [1.82, 2.24) is 14.5 Å². The minimum Gasteiger partial charge on any atom is -0.256 e. The molecule has 7 heteroatoms. The number of hydrogen-bond donors (Lipinski definition) is 1. The van der Waals surface area contributed by atoms with Crippen LogP contribution in [0.1, 0.15) is 20.3 Å². The summed E-state index contributed by atoms with van der Waals surface area (Å²) in [7, 11) is -1.95. The van der Waals surface area contributed by atoms with Gasteiger partial charge in [0, 0.05) is 19.0 Å². The van der Waals surface area contributed by atoms with Crippen LogP contribution in [0.2, 0.25) is 0 Å². The number of aryl methyl sites for hydroxylation is 1. The van der Waals surface area contributed by atoms with Crippen LogP contribution in [0.25, 0.3) is 0 Å². The second-order valence-electron chi connectivity index (χ2n) is 4.40. The fourth-order valence-corrected chi connectivity index (χ4v) is 3.29. The van der Waals surface area contributed by atoms with E-state index in [1.54, 1.807) is 7.05 Å². The summed E-state index contributed by atoms with van der Waals surface area (Å²) in [5.41, 5.74) is 0. The standard InChI is InChI=1S/C10H18ClN3O2S/c1-8(2)6-9(7-11)13-17(15,16)10-4-5-12-14(10)3/h4-5,8-9,13H,6-7H2,1-3H3. The molecule has 0 saturated heterocycles. The fourth-order valence-electron chi connectivity index (χ4n) is 1.62. The number of rotatable bonds is 6. The molecule has 0 aliphatic rings. The van der Waals surface area contributed by atoms with Gasteiger partial charge in [0.25, 0.3) is 10.0 Å². The third-order valence-corrected chi connectivity index (χ3v) is 4.28. The maximum Gasteiger partial charge on any atom is 0.257 e. The van der Waals surface area contributed by atoms with Gasteiger partial charge >= 0.3 is 0 Å². The molecule has 1 heterocycles. The van der Waals surface area contributed by atoms with Crippen molar-refractivity contribution in [3.63, 3.8) is 0 Å². The first-order chi connectivity index (χ1) is 7.86. The Hall–Kier alpha value is -0.590. The van der Waals surface area contributed by atoms with Gasteiger partial charge in [-0.05, 0) is 18.4 Å². The maximum absolute atomic E-state index is 12.0. The first-order valence-corrected chi connectivity index (χ1v) is 7.45. The number of nitrogens with zero attached hydrogens (tertiary/aromatic N) is 2. The van der Waals surface area contributed by atoms with Crippen molar-refractivity contribution in [1.29, 1.82) is 0 Å². The summed E-state index contributed by atoms with van der Waals surface area (Å²) in [5, 5.41) is 3.99. The predicted molar refractivity (Wildman–Crippen MR) is 67.5 cm³/mol. The van der Waals surface area contributed by atoms with Crippen LogP contribution in [0.5, 0.6) is 0 Å². The van der Waals surface area contributed by atoms with Gasteiger partial charge in [-0.25, -0.2) is 13.1 Å². The second kappa shape index (κ2) is 5.84. The molecule has 17 heavy (non-hydrogen) atoms. The Balaban J connectivity index is 2.82. The molecule has 0 aromatic carbocycles. The van der Waals surface area contributed by atoms with Gasteiger partial charge in [0.2, 0.25) is 0 Å². The summed E-state index contributed by atoms with van der Waals surface area (Å²) in [4.78, 5) is 0. The van der Waals surface area contributed by atoms with E-state index in [1.807, 2.05) is 13.8 Å². The van der Waals surface area contributed by atoms with E-state index in [9.17, 15) is 8.42 Å². The lowest BCUT2D eigenvalue weighted by atomic mass is 10.1. The van der Waals surface area contributed by atoms with Crippen molar-refractivity contribution in [2.75, 3.05) is 5.88 Å². The van der Waals surface area contributed by atoms with E-state index >= 15 is 0 Å². The Kier molecular flexibility index (Phi) is 4.97. The average molecular weight is 280 g/mol. The summed E-state index contributed by atoms with van der Waals surface area (Å²) in [5.74, 6) is 0.642. The highest BCUT2D eigenvalue weighted by molar-refractivity contribution is 7.89. The topological polar surface area (TPSA) is 64.0 Å². The van der Waals surface area contributed by atoms with Crippen molar-refractivity contribution in [3.05, 3.63) is 12.3 Å². The molecule has 0 fully saturated rings. The molecule has 5 nitrogen and oxygen atoms in total. The molecule has 0 aliphatic heterocycles. The van der Waals surface area contributed by atoms with Crippen LogP contribution in [-0.4, -0.2) is 30.1 Å². The van der Waals surface area contributed by atoms with Gasteiger partial charge in [0.1, 0.15) is 0 Å². The van der Waals surface area contributed by atoms with Crippen LogP contribution in [0, 0.1) is 5.92 Å². The van der Waals surface area contributed by atoms with E-state index in [0.717, 1.165) is 0 Å². The van der Waals surface area contributed by atoms with Crippen molar-refractivity contribution >= 4 is 21.6 Å². The number of sulfonamides is 1. The van der Waals surface area contributed by atoms with Gasteiger partial charge in [0.15, 0.2) is 5.03 Å². The maximum atomic E-state index is 12.0. The first-order valence-electron chi connectivity index (χ1n) is 5.43. The predicted octanol–water partition coefficient (Wildman–Crippen LogP) is 1.35. The summed E-state index contributed by atoms with van der Waals surface area (Å²) in [6, 6.07) is 1.21. The van der Waals surface area contributed by atoms with Crippen LogP contribution >= 0.6 is 11.6 Å².